The molecule has 0 bridgehead atoms. The zero-order chi connectivity index (χ0) is 11.1. The second-order valence-corrected chi connectivity index (χ2v) is 3.44. The highest BCUT2D eigenvalue weighted by molar-refractivity contribution is 5.88. The lowest BCUT2D eigenvalue weighted by atomic mass is 10.3. The number of anilines is 1. The molecule has 0 aliphatic rings. The van der Waals surface area contributed by atoms with Crippen molar-refractivity contribution < 1.29 is 4.79 Å². The van der Waals surface area contributed by atoms with E-state index in [4.69, 9.17) is 0 Å². The molecule has 15 heavy (non-hydrogen) atoms. The van der Waals surface area contributed by atoms with E-state index >= 15 is 0 Å². The van der Waals surface area contributed by atoms with E-state index in [1.54, 1.807) is 36.5 Å². The Morgan fingerprint density at radius 1 is 1.47 bits per heavy atom. The second kappa shape index (κ2) is 6.01. The summed E-state index contributed by atoms with van der Waals surface area (Å²) in [6.45, 7) is 2.89. The van der Waals surface area contributed by atoms with Crippen molar-refractivity contribution in [1.82, 2.24) is 9.88 Å². The van der Waals surface area contributed by atoms with Crippen LogP contribution in [0.15, 0.2) is 24.5 Å². The standard InChI is InChI=1S/C11H17N3O/c1-3-4-9-14(2)11(15)13-10-5-7-12-8-6-10/h5-8H,3-4,9H2,1-2H3,(H,12,13,15). The number of pyridine rings is 1. The van der Waals surface area contributed by atoms with Crippen LogP contribution in [-0.4, -0.2) is 29.5 Å². The zero-order valence-electron chi connectivity index (χ0n) is 9.23. The molecule has 0 aliphatic carbocycles. The van der Waals surface area contributed by atoms with Gasteiger partial charge in [-0.3, -0.25) is 4.98 Å². The molecule has 1 N–H and O–H groups in total. The van der Waals surface area contributed by atoms with E-state index in [9.17, 15) is 4.79 Å². The van der Waals surface area contributed by atoms with E-state index < -0.39 is 0 Å². The summed E-state index contributed by atoms with van der Waals surface area (Å²) in [6, 6.07) is 3.46. The minimum Gasteiger partial charge on any atom is -0.328 e. The van der Waals surface area contributed by atoms with Gasteiger partial charge in [-0.05, 0) is 18.6 Å². The molecule has 0 radical (unpaired) electrons. The summed E-state index contributed by atoms with van der Waals surface area (Å²) in [5, 5.41) is 2.80. The number of urea groups is 1. The van der Waals surface area contributed by atoms with Crippen LogP contribution < -0.4 is 5.32 Å². The molecule has 0 fully saturated rings. The average molecular weight is 207 g/mol. The number of hydrogen-bond acceptors (Lipinski definition) is 2. The Morgan fingerprint density at radius 3 is 2.73 bits per heavy atom. The molecule has 1 aromatic rings. The molecule has 0 saturated heterocycles. The SMILES string of the molecule is CCCCN(C)C(=O)Nc1ccncc1. The first kappa shape index (κ1) is 11.5. The van der Waals surface area contributed by atoms with Crippen LogP contribution in [0.1, 0.15) is 19.8 Å². The third kappa shape index (κ3) is 3.97. The van der Waals surface area contributed by atoms with Gasteiger partial charge in [-0.1, -0.05) is 13.3 Å². The first-order chi connectivity index (χ1) is 7.24. The molecule has 0 spiro atoms. The van der Waals surface area contributed by atoms with Gasteiger partial charge in [0.25, 0.3) is 0 Å². The highest BCUT2D eigenvalue weighted by atomic mass is 16.2. The summed E-state index contributed by atoms with van der Waals surface area (Å²) in [7, 11) is 1.80. The van der Waals surface area contributed by atoms with Gasteiger partial charge in [0.15, 0.2) is 0 Å². The molecular formula is C11H17N3O. The van der Waals surface area contributed by atoms with Crippen molar-refractivity contribution >= 4 is 11.7 Å². The third-order valence-electron chi connectivity index (χ3n) is 2.13. The molecule has 1 heterocycles. The summed E-state index contributed by atoms with van der Waals surface area (Å²) < 4.78 is 0. The molecule has 0 saturated carbocycles. The van der Waals surface area contributed by atoms with Crippen LogP contribution in [0.2, 0.25) is 0 Å². The quantitative estimate of drug-likeness (QED) is 0.823. The average Bonchev–Trinajstić information content (AvgIpc) is 2.27. The molecule has 1 rings (SSSR count). The molecule has 0 aromatic carbocycles. The lowest BCUT2D eigenvalue weighted by Crippen LogP contribution is -2.32. The van der Waals surface area contributed by atoms with Gasteiger partial charge in [-0.25, -0.2) is 4.79 Å². The molecule has 1 aromatic heterocycles. The van der Waals surface area contributed by atoms with Crippen molar-refractivity contribution in [3.05, 3.63) is 24.5 Å². The van der Waals surface area contributed by atoms with Gasteiger partial charge in [0.05, 0.1) is 0 Å². The van der Waals surface area contributed by atoms with E-state index in [2.05, 4.69) is 17.2 Å². The van der Waals surface area contributed by atoms with E-state index in [1.165, 1.54) is 0 Å². The maximum absolute atomic E-state index is 11.6. The Hall–Kier alpha value is -1.58. The number of carbonyl (C=O) groups is 1. The number of nitrogens with one attached hydrogen (secondary N) is 1. The summed E-state index contributed by atoms with van der Waals surface area (Å²) in [6.07, 6.45) is 5.43. The second-order valence-electron chi connectivity index (χ2n) is 3.44. The summed E-state index contributed by atoms with van der Waals surface area (Å²) in [5.74, 6) is 0. The van der Waals surface area contributed by atoms with E-state index in [-0.39, 0.29) is 6.03 Å². The zero-order valence-corrected chi connectivity index (χ0v) is 9.23. The van der Waals surface area contributed by atoms with Crippen molar-refractivity contribution in [2.24, 2.45) is 0 Å². The van der Waals surface area contributed by atoms with Gasteiger partial charge in [-0.2, -0.15) is 0 Å². The van der Waals surface area contributed by atoms with Gasteiger partial charge in [-0.15, -0.1) is 0 Å². The Bertz CT molecular complexity index is 300. The van der Waals surface area contributed by atoms with Crippen molar-refractivity contribution in [1.29, 1.82) is 0 Å². The molecule has 0 aliphatic heterocycles. The van der Waals surface area contributed by atoms with Crippen LogP contribution in [0.4, 0.5) is 10.5 Å². The first-order valence-corrected chi connectivity index (χ1v) is 5.16. The van der Waals surface area contributed by atoms with Crippen LogP contribution in [0, 0.1) is 0 Å². The summed E-state index contributed by atoms with van der Waals surface area (Å²) in [4.78, 5) is 17.2. The number of aromatic nitrogens is 1. The van der Waals surface area contributed by atoms with Crippen LogP contribution in [0.25, 0.3) is 0 Å². The maximum atomic E-state index is 11.6. The monoisotopic (exact) mass is 207 g/mol. The van der Waals surface area contributed by atoms with Crippen molar-refractivity contribution in [2.75, 3.05) is 18.9 Å². The number of amides is 2. The largest absolute Gasteiger partial charge is 0.328 e. The van der Waals surface area contributed by atoms with E-state index in [1.807, 2.05) is 0 Å². The highest BCUT2D eigenvalue weighted by Crippen LogP contribution is 2.04. The Labute approximate surface area is 90.3 Å². The highest BCUT2D eigenvalue weighted by Gasteiger charge is 2.06. The smallest absolute Gasteiger partial charge is 0.321 e. The van der Waals surface area contributed by atoms with Crippen molar-refractivity contribution in [3.8, 4) is 0 Å². The van der Waals surface area contributed by atoms with Crippen molar-refractivity contribution in [3.63, 3.8) is 0 Å². The Kier molecular flexibility index (Phi) is 4.60. The van der Waals surface area contributed by atoms with Crippen LogP contribution >= 0.6 is 0 Å². The predicted octanol–water partition coefficient (Wildman–Crippen LogP) is 2.35. The predicted molar refractivity (Wildman–Crippen MR) is 60.8 cm³/mol. The van der Waals surface area contributed by atoms with Crippen LogP contribution in [0.5, 0.6) is 0 Å². The van der Waals surface area contributed by atoms with Crippen molar-refractivity contribution in [2.45, 2.75) is 19.8 Å². The Balaban J connectivity index is 2.42. The molecule has 0 atom stereocenters. The van der Waals surface area contributed by atoms with Gasteiger partial charge in [0, 0.05) is 31.7 Å². The number of rotatable bonds is 4. The van der Waals surface area contributed by atoms with Crippen LogP contribution in [-0.2, 0) is 0 Å². The van der Waals surface area contributed by atoms with Gasteiger partial charge in [0.2, 0.25) is 0 Å². The Morgan fingerprint density at radius 2 is 2.13 bits per heavy atom. The normalized spacial score (nSPS) is 9.73. The van der Waals surface area contributed by atoms with Gasteiger partial charge >= 0.3 is 6.03 Å². The summed E-state index contributed by atoms with van der Waals surface area (Å²) >= 11 is 0. The molecular weight excluding hydrogens is 190 g/mol. The number of hydrogen-bond donors (Lipinski definition) is 1. The molecule has 4 nitrogen and oxygen atoms in total. The number of carbonyl (C=O) groups excluding carboxylic acids is 1. The minimum atomic E-state index is -0.0744. The first-order valence-electron chi connectivity index (χ1n) is 5.16. The minimum absolute atomic E-state index is 0.0744. The van der Waals surface area contributed by atoms with E-state index in [0.717, 1.165) is 25.1 Å². The fourth-order valence-corrected chi connectivity index (χ4v) is 1.15. The lowest BCUT2D eigenvalue weighted by Gasteiger charge is -2.17. The molecule has 2 amide bonds. The van der Waals surface area contributed by atoms with Gasteiger partial charge < -0.3 is 10.2 Å². The number of nitrogens with zero attached hydrogens (tertiary/aromatic N) is 2. The van der Waals surface area contributed by atoms with Crippen LogP contribution in [0.3, 0.4) is 0 Å². The number of unbranched alkanes of at least 4 members (excludes halogenated alkanes) is 1. The molecule has 4 heteroatoms. The molecule has 82 valence electrons. The fourth-order valence-electron chi connectivity index (χ4n) is 1.15. The maximum Gasteiger partial charge on any atom is 0.321 e. The topological polar surface area (TPSA) is 45.2 Å². The third-order valence-corrected chi connectivity index (χ3v) is 2.13. The summed E-state index contributed by atoms with van der Waals surface area (Å²) in [5.41, 5.74) is 0.776. The van der Waals surface area contributed by atoms with Gasteiger partial charge in [0.1, 0.15) is 0 Å². The molecule has 0 unspecified atom stereocenters. The fraction of sp³-hybridized carbons (Fsp3) is 0.455. The van der Waals surface area contributed by atoms with E-state index in [0.29, 0.717) is 0 Å². The lowest BCUT2D eigenvalue weighted by molar-refractivity contribution is 0.222.